The van der Waals surface area contributed by atoms with Crippen molar-refractivity contribution in [1.82, 2.24) is 9.97 Å². The first kappa shape index (κ1) is 17.2. The zero-order valence-electron chi connectivity index (χ0n) is 14.7. The van der Waals surface area contributed by atoms with Crippen molar-refractivity contribution in [2.24, 2.45) is 16.1 Å². The molecule has 25 heavy (non-hydrogen) atoms. The average molecular weight is 341 g/mol. The fourth-order valence-corrected chi connectivity index (χ4v) is 2.86. The summed E-state index contributed by atoms with van der Waals surface area (Å²) in [7, 11) is 1.68. The van der Waals surface area contributed by atoms with Gasteiger partial charge in [-0.25, -0.2) is 0 Å². The molecule has 0 saturated carbocycles. The summed E-state index contributed by atoms with van der Waals surface area (Å²) in [6.07, 6.45) is 4.50. The van der Waals surface area contributed by atoms with E-state index in [0.29, 0.717) is 24.2 Å². The molecule has 2 aromatic rings. The number of fused-ring (bicyclic) bond motifs is 1. The number of aromatic hydroxyl groups is 1. The monoisotopic (exact) mass is 341 g/mol. The molecule has 132 valence electrons. The predicted octanol–water partition coefficient (Wildman–Crippen LogP) is 1.38. The summed E-state index contributed by atoms with van der Waals surface area (Å²) in [5.41, 5.74) is 1.51. The van der Waals surface area contributed by atoms with Crippen LogP contribution in [0.25, 0.3) is 6.08 Å². The van der Waals surface area contributed by atoms with Gasteiger partial charge in [0.05, 0.1) is 24.2 Å². The molecule has 3 N–H and O–H groups in total. The number of anilines is 1. The number of ether oxygens (including phenoxy) is 1. The van der Waals surface area contributed by atoms with Crippen LogP contribution in [0.3, 0.4) is 0 Å². The maximum absolute atomic E-state index is 10.1. The Morgan fingerprint density at radius 3 is 2.96 bits per heavy atom. The van der Waals surface area contributed by atoms with Crippen LogP contribution < -0.4 is 15.9 Å². The quantitative estimate of drug-likeness (QED) is 0.709. The van der Waals surface area contributed by atoms with E-state index >= 15 is 0 Å². The lowest BCUT2D eigenvalue weighted by molar-refractivity contribution is 0.178. The molecule has 0 amide bonds. The highest BCUT2D eigenvalue weighted by Gasteiger charge is 2.14. The number of aromatic amines is 1. The van der Waals surface area contributed by atoms with Gasteiger partial charge in [0.25, 0.3) is 0 Å². The molecule has 0 aliphatic carbocycles. The highest BCUT2D eigenvalue weighted by molar-refractivity contribution is 5.80. The van der Waals surface area contributed by atoms with Gasteiger partial charge in [-0.1, -0.05) is 19.9 Å². The van der Waals surface area contributed by atoms with E-state index in [0.717, 1.165) is 22.6 Å². The van der Waals surface area contributed by atoms with Crippen LogP contribution in [0, 0.1) is 5.92 Å². The van der Waals surface area contributed by atoms with Crippen LogP contribution in [0.4, 0.5) is 5.95 Å². The van der Waals surface area contributed by atoms with E-state index in [9.17, 15) is 5.11 Å². The van der Waals surface area contributed by atoms with Crippen molar-refractivity contribution in [3.8, 4) is 5.88 Å². The number of methoxy groups -OCH3 is 1. The molecule has 0 unspecified atom stereocenters. The first-order valence-electron chi connectivity index (χ1n) is 8.32. The molecule has 1 aliphatic rings. The lowest BCUT2D eigenvalue weighted by atomic mass is 10.0. The van der Waals surface area contributed by atoms with Crippen LogP contribution in [0.15, 0.2) is 28.4 Å². The number of rotatable bonds is 7. The average Bonchev–Trinajstić information content (AvgIpc) is 3.13. The van der Waals surface area contributed by atoms with Crippen molar-refractivity contribution < 1.29 is 9.84 Å². The molecule has 0 bridgehead atoms. The largest absolute Gasteiger partial charge is 0.492 e. The zero-order valence-corrected chi connectivity index (χ0v) is 14.7. The van der Waals surface area contributed by atoms with Crippen molar-refractivity contribution in [3.63, 3.8) is 0 Å². The summed E-state index contributed by atoms with van der Waals surface area (Å²) in [6, 6.07) is 5.92. The summed E-state index contributed by atoms with van der Waals surface area (Å²) in [6.45, 7) is 4.89. The summed E-state index contributed by atoms with van der Waals surface area (Å²) in [5.74, 6) is 1.02. The van der Waals surface area contributed by atoms with Gasteiger partial charge in [0.1, 0.15) is 5.69 Å². The van der Waals surface area contributed by atoms with Crippen LogP contribution in [0.1, 0.15) is 31.5 Å². The van der Waals surface area contributed by atoms with Crippen molar-refractivity contribution in [2.75, 3.05) is 19.0 Å². The molecular weight excluding hydrogens is 318 g/mol. The summed E-state index contributed by atoms with van der Waals surface area (Å²) in [4.78, 5) is 7.29. The number of hydrogen-bond donors (Lipinski definition) is 3. The zero-order chi connectivity index (χ0) is 17.8. The summed E-state index contributed by atoms with van der Waals surface area (Å²) in [5, 5.41) is 23.1. The second kappa shape index (κ2) is 7.48. The van der Waals surface area contributed by atoms with Gasteiger partial charge in [-0.05, 0) is 35.8 Å². The molecule has 7 nitrogen and oxygen atoms in total. The lowest BCUT2D eigenvalue weighted by Gasteiger charge is -2.19. The maximum Gasteiger partial charge on any atom is 0.238 e. The van der Waals surface area contributed by atoms with Crippen molar-refractivity contribution >= 4 is 18.2 Å². The van der Waals surface area contributed by atoms with Gasteiger partial charge in [-0.2, -0.15) is 15.2 Å². The van der Waals surface area contributed by atoms with Gasteiger partial charge in [0, 0.05) is 12.7 Å². The molecule has 0 fully saturated rings. The number of benzene rings is 1. The first-order chi connectivity index (χ1) is 12.0. The Labute approximate surface area is 146 Å². The Bertz CT molecular complexity index is 885. The molecule has 0 spiro atoms. The van der Waals surface area contributed by atoms with Crippen LogP contribution in [-0.2, 0) is 4.74 Å². The second-order valence-electron chi connectivity index (χ2n) is 6.56. The minimum Gasteiger partial charge on any atom is -0.492 e. The van der Waals surface area contributed by atoms with E-state index in [-0.39, 0.29) is 11.9 Å². The van der Waals surface area contributed by atoms with Gasteiger partial charge in [-0.3, -0.25) is 0 Å². The highest BCUT2D eigenvalue weighted by atomic mass is 16.5. The maximum atomic E-state index is 10.1. The minimum atomic E-state index is -0.0398. The van der Waals surface area contributed by atoms with E-state index < -0.39 is 0 Å². The molecule has 1 aromatic carbocycles. The fourth-order valence-electron chi connectivity index (χ4n) is 2.86. The Hall–Kier alpha value is -2.67. The van der Waals surface area contributed by atoms with E-state index in [2.05, 4.69) is 39.3 Å². The third-order valence-electron chi connectivity index (χ3n) is 3.90. The number of hydrogen-bond acceptors (Lipinski definition) is 6. The standard InChI is InChI=1S/C18H23N5O2/c1-11(2)6-14(10-25-3)20-18-21-16(17(24)22-18)8-12-4-5-15-13(7-12)9-19-23-15/h4-5,7-9,11,14,24H,6,10H2,1-3H3,(H2,20,21,22)/t14-/m1/s1. The molecule has 2 heterocycles. The smallest absolute Gasteiger partial charge is 0.238 e. The van der Waals surface area contributed by atoms with E-state index in [1.54, 1.807) is 13.3 Å². The second-order valence-corrected chi connectivity index (χ2v) is 6.56. The lowest BCUT2D eigenvalue weighted by Crippen LogP contribution is -2.27. The topological polar surface area (TPSA) is 94.9 Å². The van der Waals surface area contributed by atoms with Crippen molar-refractivity contribution in [1.29, 1.82) is 0 Å². The predicted molar refractivity (Wildman–Crippen MR) is 97.4 cm³/mol. The number of H-pyrrole nitrogens is 1. The molecule has 1 aliphatic heterocycles. The fraction of sp³-hybridized carbons (Fsp3) is 0.389. The molecule has 1 atom stereocenters. The third kappa shape index (κ3) is 4.24. The number of imidazole rings is 1. The van der Waals surface area contributed by atoms with Gasteiger partial charge < -0.3 is 20.1 Å². The van der Waals surface area contributed by atoms with Gasteiger partial charge >= 0.3 is 0 Å². The van der Waals surface area contributed by atoms with Crippen molar-refractivity contribution in [3.05, 3.63) is 40.0 Å². The summed E-state index contributed by atoms with van der Waals surface area (Å²) >= 11 is 0. The third-order valence-corrected chi connectivity index (χ3v) is 3.90. The number of nitrogens with one attached hydrogen (secondary N) is 2. The Morgan fingerprint density at radius 1 is 1.36 bits per heavy atom. The molecule has 0 saturated heterocycles. The molecular formula is C18H23N5O2. The normalized spacial score (nSPS) is 14.6. The van der Waals surface area contributed by atoms with E-state index in [1.807, 2.05) is 24.3 Å². The highest BCUT2D eigenvalue weighted by Crippen LogP contribution is 2.19. The molecule has 0 radical (unpaired) electrons. The van der Waals surface area contributed by atoms with E-state index in [4.69, 9.17) is 4.74 Å². The first-order valence-corrected chi connectivity index (χ1v) is 8.32. The van der Waals surface area contributed by atoms with Crippen LogP contribution in [0.5, 0.6) is 5.88 Å². The van der Waals surface area contributed by atoms with Gasteiger partial charge in [0.2, 0.25) is 11.8 Å². The SMILES string of the molecule is COC[C@@H](CC(C)C)Nc1nc(O)c(C=c2ccc3c(c2)C=NN=3)[nH]1. The Balaban J connectivity index is 1.81. The minimum absolute atomic E-state index is 0.0398. The van der Waals surface area contributed by atoms with Crippen LogP contribution in [0.2, 0.25) is 0 Å². The van der Waals surface area contributed by atoms with Gasteiger partial charge in [0.15, 0.2) is 0 Å². The van der Waals surface area contributed by atoms with E-state index in [1.165, 1.54) is 0 Å². The van der Waals surface area contributed by atoms with Gasteiger partial charge in [-0.15, -0.1) is 0 Å². The molecule has 7 heteroatoms. The number of nitrogens with zero attached hydrogens (tertiary/aromatic N) is 3. The van der Waals surface area contributed by atoms with Crippen LogP contribution in [-0.4, -0.2) is 41.0 Å². The molecule has 1 aromatic heterocycles. The molecule has 3 rings (SSSR count). The number of aromatic nitrogens is 2. The Kier molecular flexibility index (Phi) is 5.14. The van der Waals surface area contributed by atoms with Crippen LogP contribution >= 0.6 is 0 Å². The Morgan fingerprint density at radius 2 is 2.20 bits per heavy atom. The van der Waals surface area contributed by atoms with Crippen molar-refractivity contribution in [2.45, 2.75) is 26.3 Å². The summed E-state index contributed by atoms with van der Waals surface area (Å²) < 4.78 is 5.26.